The van der Waals surface area contributed by atoms with Crippen LogP contribution in [0.25, 0.3) is 0 Å². The number of hydrogen-bond donors (Lipinski definition) is 2. The van der Waals surface area contributed by atoms with E-state index in [1.807, 2.05) is 30.3 Å². The van der Waals surface area contributed by atoms with E-state index in [0.29, 0.717) is 24.2 Å². The first kappa shape index (κ1) is 26.0. The second-order valence-electron chi connectivity index (χ2n) is 9.15. The summed E-state index contributed by atoms with van der Waals surface area (Å²) in [5.74, 6) is -0.165. The maximum absolute atomic E-state index is 14.2. The number of rotatable bonds is 8. The van der Waals surface area contributed by atoms with Crippen molar-refractivity contribution < 1.29 is 22.5 Å². The molecule has 1 atom stereocenters. The monoisotopic (exact) mass is 512 g/mol. The Kier molecular flexibility index (Phi) is 8.83. The molecule has 1 unspecified atom stereocenters. The van der Waals surface area contributed by atoms with Crippen molar-refractivity contribution in [3.8, 4) is 5.75 Å². The maximum Gasteiger partial charge on any atom is 0.265 e. The summed E-state index contributed by atoms with van der Waals surface area (Å²) in [6.07, 6.45) is 4.24. The lowest BCUT2D eigenvalue weighted by molar-refractivity contribution is 0.0979. The van der Waals surface area contributed by atoms with Crippen LogP contribution in [0.2, 0.25) is 0 Å². The molecule has 3 aromatic carbocycles. The lowest BCUT2D eigenvalue weighted by Crippen LogP contribution is -2.45. The molecule has 2 aliphatic rings. The van der Waals surface area contributed by atoms with Crippen LogP contribution in [0.3, 0.4) is 0 Å². The van der Waals surface area contributed by atoms with Gasteiger partial charge in [-0.2, -0.15) is 0 Å². The zero-order valence-electron chi connectivity index (χ0n) is 20.1. The SMILES string of the molecule is CS(=O)NC(=O)c1cc(C2CC2)c(OCC2CNC2)cc1F.Fc1ccc(Cc2ccccc2)cc1. The first-order chi connectivity index (χ1) is 17.4. The molecular weight excluding hydrogens is 482 g/mol. The molecule has 5 nitrogen and oxygen atoms in total. The van der Waals surface area contributed by atoms with Crippen LogP contribution in [-0.4, -0.2) is 36.1 Å². The molecule has 0 aromatic heterocycles. The minimum atomic E-state index is -1.52. The van der Waals surface area contributed by atoms with Crippen LogP contribution in [0.1, 0.15) is 45.8 Å². The molecule has 36 heavy (non-hydrogen) atoms. The molecule has 8 heteroatoms. The summed E-state index contributed by atoms with van der Waals surface area (Å²) in [7, 11) is -1.52. The second-order valence-corrected chi connectivity index (χ2v) is 10.3. The van der Waals surface area contributed by atoms with Crippen LogP contribution < -0.4 is 14.8 Å². The van der Waals surface area contributed by atoms with Gasteiger partial charge in [-0.3, -0.25) is 9.52 Å². The molecule has 1 amide bonds. The first-order valence-corrected chi connectivity index (χ1v) is 13.5. The molecule has 3 aromatic rings. The molecule has 1 aliphatic carbocycles. The molecule has 0 spiro atoms. The fraction of sp³-hybridized carbons (Fsp3) is 0.321. The predicted molar refractivity (Wildman–Crippen MR) is 137 cm³/mol. The lowest BCUT2D eigenvalue weighted by atomic mass is 10.0. The second kappa shape index (κ2) is 12.2. The van der Waals surface area contributed by atoms with Crippen LogP contribution in [0.15, 0.2) is 66.7 Å². The number of hydrogen-bond acceptors (Lipinski definition) is 4. The standard InChI is InChI=1S/C15H19FN2O3S.C13H11F/c1-22(20)18-15(19)12-4-11(10-2-3-10)14(5-13(12)16)21-8-9-6-17-7-9;14-13-8-6-12(7-9-13)10-11-4-2-1-3-5-11/h4-5,9-10,17H,2-3,6-8H2,1H3,(H,18,19);1-9H,10H2. The smallest absolute Gasteiger partial charge is 0.265 e. The van der Waals surface area contributed by atoms with E-state index in [2.05, 4.69) is 22.2 Å². The van der Waals surface area contributed by atoms with Crippen LogP contribution >= 0.6 is 0 Å². The third-order valence-corrected chi connectivity index (χ3v) is 6.58. The van der Waals surface area contributed by atoms with E-state index >= 15 is 0 Å². The molecule has 0 bridgehead atoms. The van der Waals surface area contributed by atoms with Crippen LogP contribution in [-0.2, 0) is 17.4 Å². The molecule has 2 N–H and O–H groups in total. The van der Waals surface area contributed by atoms with Gasteiger partial charge in [-0.05, 0) is 60.1 Å². The number of benzene rings is 3. The highest BCUT2D eigenvalue weighted by Crippen LogP contribution is 2.45. The summed E-state index contributed by atoms with van der Waals surface area (Å²) in [4.78, 5) is 11.9. The number of nitrogens with one attached hydrogen (secondary N) is 2. The number of carbonyl (C=O) groups is 1. The highest BCUT2D eigenvalue weighted by atomic mass is 32.2. The average molecular weight is 513 g/mol. The Hall–Kier alpha value is -3.10. The van der Waals surface area contributed by atoms with E-state index in [4.69, 9.17) is 4.74 Å². The van der Waals surface area contributed by atoms with Crippen LogP contribution in [0.5, 0.6) is 5.75 Å². The zero-order valence-corrected chi connectivity index (χ0v) is 21.0. The van der Waals surface area contributed by atoms with Crippen molar-refractivity contribution in [3.63, 3.8) is 0 Å². The van der Waals surface area contributed by atoms with E-state index in [1.54, 1.807) is 6.07 Å². The number of amides is 1. The average Bonchev–Trinajstić information content (AvgIpc) is 3.66. The van der Waals surface area contributed by atoms with Crippen molar-refractivity contribution in [2.24, 2.45) is 5.92 Å². The van der Waals surface area contributed by atoms with E-state index in [-0.39, 0.29) is 11.4 Å². The van der Waals surface area contributed by atoms with Gasteiger partial charge in [0.2, 0.25) is 0 Å². The largest absolute Gasteiger partial charge is 0.493 e. The van der Waals surface area contributed by atoms with Gasteiger partial charge in [-0.15, -0.1) is 0 Å². The molecule has 0 radical (unpaired) electrons. The highest BCUT2D eigenvalue weighted by Gasteiger charge is 2.30. The van der Waals surface area contributed by atoms with Gasteiger partial charge >= 0.3 is 0 Å². The van der Waals surface area contributed by atoms with Gasteiger partial charge in [0.05, 0.1) is 12.2 Å². The Morgan fingerprint density at radius 3 is 2.28 bits per heavy atom. The van der Waals surface area contributed by atoms with Gasteiger partial charge in [0, 0.05) is 31.3 Å². The first-order valence-electron chi connectivity index (χ1n) is 12.0. The minimum Gasteiger partial charge on any atom is -0.493 e. The van der Waals surface area contributed by atoms with Gasteiger partial charge < -0.3 is 10.1 Å². The summed E-state index contributed by atoms with van der Waals surface area (Å²) >= 11 is 0. The predicted octanol–water partition coefficient (Wildman–Crippen LogP) is 4.74. The Morgan fingerprint density at radius 1 is 1.03 bits per heavy atom. The fourth-order valence-corrected chi connectivity index (χ4v) is 4.25. The van der Waals surface area contributed by atoms with Gasteiger partial charge in [0.15, 0.2) is 0 Å². The number of halogens is 2. The molecule has 2 fully saturated rings. The summed E-state index contributed by atoms with van der Waals surface area (Å²) in [6, 6.07) is 19.6. The third-order valence-electron chi connectivity index (χ3n) is 6.10. The van der Waals surface area contributed by atoms with Crippen molar-refractivity contribution in [2.75, 3.05) is 26.0 Å². The molecule has 1 heterocycles. The van der Waals surface area contributed by atoms with Crippen molar-refractivity contribution in [1.82, 2.24) is 10.0 Å². The molecule has 1 aliphatic heterocycles. The number of ether oxygens (including phenoxy) is 1. The molecule has 190 valence electrons. The Bertz CT molecular complexity index is 1200. The minimum absolute atomic E-state index is 0.0743. The Labute approximate surface area is 212 Å². The fourth-order valence-electron chi connectivity index (χ4n) is 3.88. The quantitative estimate of drug-likeness (QED) is 0.458. The molecule has 1 saturated carbocycles. The summed E-state index contributed by atoms with van der Waals surface area (Å²) in [6.45, 7) is 2.39. The summed E-state index contributed by atoms with van der Waals surface area (Å²) < 4.78 is 45.9. The van der Waals surface area contributed by atoms with E-state index in [1.165, 1.54) is 30.0 Å². The van der Waals surface area contributed by atoms with Gasteiger partial charge in [0.1, 0.15) is 28.4 Å². The van der Waals surface area contributed by atoms with Crippen LogP contribution in [0, 0.1) is 17.6 Å². The van der Waals surface area contributed by atoms with Crippen molar-refractivity contribution in [2.45, 2.75) is 25.2 Å². The summed E-state index contributed by atoms with van der Waals surface area (Å²) in [5, 5.41) is 3.16. The highest BCUT2D eigenvalue weighted by molar-refractivity contribution is 7.82. The van der Waals surface area contributed by atoms with E-state index < -0.39 is 22.7 Å². The Balaban J connectivity index is 0.000000187. The topological polar surface area (TPSA) is 67.4 Å². The van der Waals surface area contributed by atoms with Gasteiger partial charge in [0.25, 0.3) is 5.91 Å². The van der Waals surface area contributed by atoms with Gasteiger partial charge in [-0.25, -0.2) is 13.0 Å². The summed E-state index contributed by atoms with van der Waals surface area (Å²) in [5.41, 5.74) is 3.19. The third kappa shape index (κ3) is 7.45. The Morgan fingerprint density at radius 2 is 1.69 bits per heavy atom. The lowest BCUT2D eigenvalue weighted by Gasteiger charge is -2.27. The zero-order chi connectivity index (χ0) is 25.5. The van der Waals surface area contributed by atoms with Crippen molar-refractivity contribution in [3.05, 3.63) is 101 Å². The molecule has 5 rings (SSSR count). The normalized spacial score (nSPS) is 15.8. The maximum atomic E-state index is 14.2. The molecular formula is C28H30F2N2O3S. The van der Waals surface area contributed by atoms with Gasteiger partial charge in [-0.1, -0.05) is 42.5 Å². The van der Waals surface area contributed by atoms with E-state index in [0.717, 1.165) is 43.5 Å². The van der Waals surface area contributed by atoms with E-state index in [9.17, 15) is 17.8 Å². The van der Waals surface area contributed by atoms with Crippen LogP contribution in [0.4, 0.5) is 8.78 Å². The van der Waals surface area contributed by atoms with Crippen molar-refractivity contribution >= 4 is 16.9 Å². The van der Waals surface area contributed by atoms with Crippen molar-refractivity contribution in [1.29, 1.82) is 0 Å². The number of carbonyl (C=O) groups excluding carboxylic acids is 1. The molecule has 1 saturated heterocycles.